The first-order valence-corrected chi connectivity index (χ1v) is 7.87. The van der Waals surface area contributed by atoms with Crippen LogP contribution in [0.25, 0.3) is 0 Å². The normalized spacial score (nSPS) is 14.2. The van der Waals surface area contributed by atoms with E-state index in [0.717, 1.165) is 12.1 Å². The van der Waals surface area contributed by atoms with Crippen molar-refractivity contribution in [3.8, 4) is 5.75 Å². The molecule has 0 aliphatic heterocycles. The van der Waals surface area contributed by atoms with Crippen LogP contribution < -0.4 is 10.3 Å². The zero-order valence-corrected chi connectivity index (χ0v) is 13.2. The smallest absolute Gasteiger partial charge is 0.267 e. The number of aromatic nitrogens is 1. The summed E-state index contributed by atoms with van der Waals surface area (Å²) in [5, 5.41) is 0. The van der Waals surface area contributed by atoms with Crippen molar-refractivity contribution in [1.29, 1.82) is 0 Å². The maximum absolute atomic E-state index is 12.2. The maximum Gasteiger partial charge on any atom is 0.267 e. The van der Waals surface area contributed by atoms with Crippen LogP contribution in [0, 0.1) is 9.49 Å². The summed E-state index contributed by atoms with van der Waals surface area (Å²) in [6.45, 7) is 1.33. The van der Waals surface area contributed by atoms with Crippen molar-refractivity contribution in [1.82, 2.24) is 4.57 Å². The number of hydrogen-bond donors (Lipinski definition) is 0. The molecule has 1 aliphatic carbocycles. The Kier molecular flexibility index (Phi) is 4.10. The maximum atomic E-state index is 12.2. The molecule has 1 aromatic heterocycles. The lowest BCUT2D eigenvalue weighted by Gasteiger charge is -2.11. The van der Waals surface area contributed by atoms with Gasteiger partial charge in [-0.3, -0.25) is 4.79 Å². The van der Waals surface area contributed by atoms with Crippen LogP contribution in [0.4, 0.5) is 0 Å². The van der Waals surface area contributed by atoms with Gasteiger partial charge in [0.25, 0.3) is 5.56 Å². The summed E-state index contributed by atoms with van der Waals surface area (Å²) in [5.74, 6) is 1.37. The van der Waals surface area contributed by atoms with Crippen LogP contribution in [0.1, 0.15) is 18.4 Å². The molecule has 0 radical (unpaired) electrons. The Morgan fingerprint density at radius 1 is 1.20 bits per heavy atom. The fraction of sp³-hybridized carbons (Fsp3) is 0.312. The predicted molar refractivity (Wildman–Crippen MR) is 86.9 cm³/mol. The van der Waals surface area contributed by atoms with Gasteiger partial charge in [0.1, 0.15) is 15.9 Å². The third kappa shape index (κ3) is 3.23. The van der Waals surface area contributed by atoms with Gasteiger partial charge in [0.2, 0.25) is 0 Å². The van der Waals surface area contributed by atoms with E-state index in [4.69, 9.17) is 4.74 Å². The van der Waals surface area contributed by atoms with Gasteiger partial charge >= 0.3 is 0 Å². The number of benzene rings is 1. The van der Waals surface area contributed by atoms with Gasteiger partial charge in [0, 0.05) is 12.7 Å². The van der Waals surface area contributed by atoms with Crippen LogP contribution in [0.2, 0.25) is 0 Å². The first-order chi connectivity index (χ1) is 9.74. The zero-order chi connectivity index (χ0) is 13.9. The number of halogens is 1. The van der Waals surface area contributed by atoms with E-state index in [1.807, 2.05) is 42.6 Å². The molecule has 1 heterocycles. The van der Waals surface area contributed by atoms with E-state index in [-0.39, 0.29) is 5.56 Å². The van der Waals surface area contributed by atoms with Gasteiger partial charge < -0.3 is 9.30 Å². The molecule has 0 spiro atoms. The van der Waals surface area contributed by atoms with Gasteiger partial charge in [-0.15, -0.1) is 0 Å². The third-order valence-electron chi connectivity index (χ3n) is 3.46. The van der Waals surface area contributed by atoms with Crippen molar-refractivity contribution in [2.24, 2.45) is 5.92 Å². The van der Waals surface area contributed by atoms with E-state index in [1.54, 1.807) is 4.57 Å². The van der Waals surface area contributed by atoms with E-state index in [1.165, 1.54) is 12.8 Å². The molecule has 3 nitrogen and oxygen atoms in total. The molecule has 2 aromatic rings. The molecule has 4 heteroatoms. The van der Waals surface area contributed by atoms with E-state index < -0.39 is 0 Å². The van der Waals surface area contributed by atoms with Gasteiger partial charge in [0.05, 0.1) is 0 Å². The van der Waals surface area contributed by atoms with Crippen LogP contribution in [-0.2, 0) is 13.2 Å². The first-order valence-electron chi connectivity index (χ1n) is 6.79. The molecule has 0 saturated heterocycles. The molecule has 104 valence electrons. The van der Waals surface area contributed by atoms with Crippen LogP contribution in [0.5, 0.6) is 5.75 Å². The monoisotopic (exact) mass is 381 g/mol. The summed E-state index contributed by atoms with van der Waals surface area (Å²) in [6.07, 6.45) is 4.34. The zero-order valence-electron chi connectivity index (χ0n) is 11.1. The second kappa shape index (κ2) is 5.99. The van der Waals surface area contributed by atoms with Gasteiger partial charge in [-0.25, -0.2) is 0 Å². The molecule has 1 aliphatic rings. The lowest BCUT2D eigenvalue weighted by atomic mass is 10.2. The number of ether oxygens (including phenoxy) is 1. The molecular weight excluding hydrogens is 365 g/mol. The summed E-state index contributed by atoms with van der Waals surface area (Å²) in [7, 11) is 0. The Morgan fingerprint density at radius 2 is 1.95 bits per heavy atom. The number of rotatable bonds is 5. The van der Waals surface area contributed by atoms with Crippen LogP contribution in [0.3, 0.4) is 0 Å². The van der Waals surface area contributed by atoms with Crippen molar-refractivity contribution in [2.75, 3.05) is 0 Å². The van der Waals surface area contributed by atoms with Crippen molar-refractivity contribution >= 4 is 22.6 Å². The molecule has 1 saturated carbocycles. The summed E-state index contributed by atoms with van der Waals surface area (Å²) in [4.78, 5) is 12.2. The Bertz CT molecular complexity index is 647. The number of hydrogen-bond acceptors (Lipinski definition) is 2. The molecule has 3 rings (SSSR count). The topological polar surface area (TPSA) is 31.2 Å². The fourth-order valence-electron chi connectivity index (χ4n) is 2.10. The highest BCUT2D eigenvalue weighted by Crippen LogP contribution is 2.30. The summed E-state index contributed by atoms with van der Waals surface area (Å²) in [6, 6.07) is 11.9. The summed E-state index contributed by atoms with van der Waals surface area (Å²) < 4.78 is 8.23. The van der Waals surface area contributed by atoms with Crippen LogP contribution in [-0.4, -0.2) is 4.57 Å². The average Bonchev–Trinajstić information content (AvgIpc) is 3.28. The minimum Gasteiger partial charge on any atom is -0.488 e. The molecule has 0 atom stereocenters. The molecule has 0 unspecified atom stereocenters. The minimum atomic E-state index is 0.0584. The minimum absolute atomic E-state index is 0.0584. The SMILES string of the molecule is O=c1c(I)c(OCc2ccccc2)ccn1CC1CC1. The molecule has 20 heavy (non-hydrogen) atoms. The molecular formula is C16H16INO2. The lowest BCUT2D eigenvalue weighted by molar-refractivity contribution is 0.302. The molecule has 0 amide bonds. The second-order valence-corrected chi connectivity index (χ2v) is 6.25. The van der Waals surface area contributed by atoms with E-state index in [9.17, 15) is 4.79 Å². The van der Waals surface area contributed by atoms with Crippen molar-refractivity contribution in [2.45, 2.75) is 26.0 Å². The third-order valence-corrected chi connectivity index (χ3v) is 4.45. The van der Waals surface area contributed by atoms with Crippen molar-refractivity contribution < 1.29 is 4.74 Å². The fourth-order valence-corrected chi connectivity index (χ4v) is 2.74. The van der Waals surface area contributed by atoms with Crippen molar-refractivity contribution in [3.63, 3.8) is 0 Å². The van der Waals surface area contributed by atoms with Gasteiger partial charge in [-0.1, -0.05) is 30.3 Å². The highest BCUT2D eigenvalue weighted by atomic mass is 127. The second-order valence-electron chi connectivity index (χ2n) is 5.17. The van der Waals surface area contributed by atoms with Gasteiger partial charge in [-0.05, 0) is 53.0 Å². The van der Waals surface area contributed by atoms with E-state index in [0.29, 0.717) is 21.8 Å². The predicted octanol–water partition coefficient (Wildman–Crippen LogP) is 3.44. The van der Waals surface area contributed by atoms with Crippen molar-refractivity contribution in [3.05, 3.63) is 62.1 Å². The molecule has 1 fully saturated rings. The lowest BCUT2D eigenvalue weighted by Crippen LogP contribution is -2.23. The molecule has 0 N–H and O–H groups in total. The highest BCUT2D eigenvalue weighted by molar-refractivity contribution is 14.1. The van der Waals surface area contributed by atoms with E-state index >= 15 is 0 Å². The van der Waals surface area contributed by atoms with Crippen LogP contribution in [0.15, 0.2) is 47.4 Å². The summed E-state index contributed by atoms with van der Waals surface area (Å²) >= 11 is 2.08. The number of pyridine rings is 1. The highest BCUT2D eigenvalue weighted by Gasteiger charge is 2.22. The molecule has 0 bridgehead atoms. The first kappa shape index (κ1) is 13.7. The largest absolute Gasteiger partial charge is 0.488 e. The Morgan fingerprint density at radius 3 is 2.65 bits per heavy atom. The standard InChI is InChI=1S/C16H16INO2/c17-15-14(20-11-13-4-2-1-3-5-13)8-9-18(16(15)19)10-12-6-7-12/h1-5,8-9,12H,6-7,10-11H2. The molecule has 1 aromatic carbocycles. The van der Waals surface area contributed by atoms with E-state index in [2.05, 4.69) is 22.6 Å². The van der Waals surface area contributed by atoms with Crippen LogP contribution >= 0.6 is 22.6 Å². The average molecular weight is 381 g/mol. The Hall–Kier alpha value is -1.30. The van der Waals surface area contributed by atoms with Gasteiger partial charge in [0.15, 0.2) is 0 Å². The Balaban J connectivity index is 1.73. The quantitative estimate of drug-likeness (QED) is 0.744. The Labute approximate surface area is 131 Å². The van der Waals surface area contributed by atoms with Gasteiger partial charge in [-0.2, -0.15) is 0 Å². The number of nitrogens with zero attached hydrogens (tertiary/aromatic N) is 1. The summed E-state index contributed by atoms with van der Waals surface area (Å²) in [5.41, 5.74) is 1.16.